The number of primary sulfonamides is 1. The third-order valence-electron chi connectivity index (χ3n) is 6.75. The lowest BCUT2D eigenvalue weighted by Crippen LogP contribution is -2.32. The van der Waals surface area contributed by atoms with E-state index in [0.717, 1.165) is 32.4 Å². The van der Waals surface area contributed by atoms with Crippen LogP contribution in [0.2, 0.25) is 0 Å². The quantitative estimate of drug-likeness (QED) is 0.292. The van der Waals surface area contributed by atoms with E-state index in [0.29, 0.717) is 21.3 Å². The number of amides is 3. The lowest BCUT2D eigenvalue weighted by atomic mass is 9.87. The maximum absolute atomic E-state index is 13.8. The van der Waals surface area contributed by atoms with Gasteiger partial charge in [-0.25, -0.2) is 18.5 Å². The predicted molar refractivity (Wildman–Crippen MR) is 161 cm³/mol. The Hall–Kier alpha value is -3.08. The number of anilines is 2. The lowest BCUT2D eigenvalue weighted by Gasteiger charge is -2.29. The first kappa shape index (κ1) is 28.1. The van der Waals surface area contributed by atoms with E-state index in [1.807, 2.05) is 17.5 Å². The van der Waals surface area contributed by atoms with Crippen molar-refractivity contribution in [2.45, 2.75) is 27.6 Å². The molecule has 4 heterocycles. The number of thiazole rings is 1. The average Bonchev–Trinajstić information content (AvgIpc) is 3.62. The van der Waals surface area contributed by atoms with Crippen LogP contribution in [-0.4, -0.2) is 36.0 Å². The van der Waals surface area contributed by atoms with Crippen LogP contribution < -0.4 is 20.2 Å². The van der Waals surface area contributed by atoms with Gasteiger partial charge >= 0.3 is 4.87 Å². The van der Waals surface area contributed by atoms with Crippen molar-refractivity contribution in [1.82, 2.24) is 4.57 Å². The van der Waals surface area contributed by atoms with E-state index in [4.69, 9.17) is 5.14 Å². The summed E-state index contributed by atoms with van der Waals surface area (Å²) >= 11 is 6.93. The van der Waals surface area contributed by atoms with E-state index >= 15 is 0 Å². The van der Waals surface area contributed by atoms with Gasteiger partial charge in [0.2, 0.25) is 27.7 Å². The second kappa shape index (κ2) is 10.6. The smallest absolute Gasteiger partial charge is 0.308 e. The Bertz CT molecular complexity index is 1850. The van der Waals surface area contributed by atoms with Crippen molar-refractivity contribution in [2.24, 2.45) is 11.1 Å². The maximum atomic E-state index is 13.8. The molecule has 6 rings (SSSR count). The molecule has 41 heavy (non-hydrogen) atoms. The predicted octanol–water partition coefficient (Wildman–Crippen LogP) is 3.82. The molecule has 0 aliphatic carbocycles. The van der Waals surface area contributed by atoms with Crippen LogP contribution in [-0.2, 0) is 31.0 Å². The second-order valence-corrected chi connectivity index (χ2v) is 14.9. The van der Waals surface area contributed by atoms with Gasteiger partial charge in [-0.1, -0.05) is 45.1 Å². The Morgan fingerprint density at radius 1 is 1.00 bits per heavy atom. The number of hydrogen-bond acceptors (Lipinski definition) is 9. The Morgan fingerprint density at radius 2 is 1.71 bits per heavy atom. The molecule has 2 aliphatic heterocycles. The van der Waals surface area contributed by atoms with Gasteiger partial charge in [0.1, 0.15) is 11.8 Å². The first-order valence-corrected chi connectivity index (χ1v) is 16.9. The number of sulfonamides is 1. The number of halogens is 1. The zero-order valence-corrected chi connectivity index (χ0v) is 25.6. The number of nitrogens with one attached hydrogen (secondary N) is 1. The van der Waals surface area contributed by atoms with Crippen molar-refractivity contribution in [3.05, 3.63) is 89.9 Å². The molecule has 2 aliphatic rings. The van der Waals surface area contributed by atoms with Gasteiger partial charge in [0.15, 0.2) is 0 Å². The molecule has 2 aromatic carbocycles. The summed E-state index contributed by atoms with van der Waals surface area (Å²) in [7, 11) is -3.88. The lowest BCUT2D eigenvalue weighted by molar-refractivity contribution is -0.122. The Kier molecular flexibility index (Phi) is 7.28. The molecule has 0 spiro atoms. The molecule has 210 valence electrons. The average molecular weight is 692 g/mol. The standard InChI is InChI=1S/C26H19BrN4O6S4/c27-13-3-7-15(8-4-13)31-23(33)20-19(17-2-1-11-38-17)22-25(39-21(20)24(31)34)30(26(35)40-22)12-18(32)29-14-5-9-16(10-6-14)41(28,36)37/h1-11,19-21H,12H2,(H,29,32)(H2,28,36,37)/t19-,20-,21+/m0/s1. The molecule has 3 amide bonds. The number of thiophene rings is 1. The van der Waals surface area contributed by atoms with Crippen molar-refractivity contribution in [2.75, 3.05) is 10.2 Å². The van der Waals surface area contributed by atoms with Gasteiger partial charge in [-0.05, 0) is 60.0 Å². The SMILES string of the molecule is NS(=O)(=O)c1ccc(NC(=O)Cn2c3c(sc2=O)[C@@H](c2cccs2)[C@@H]2C(=O)N(c4ccc(Br)cc4)C(=O)[C@@H]2S3)cc1. The molecular formula is C26H19BrN4O6S4. The van der Waals surface area contributed by atoms with E-state index in [2.05, 4.69) is 21.2 Å². The third kappa shape index (κ3) is 5.10. The van der Waals surface area contributed by atoms with Crippen LogP contribution in [0, 0.1) is 5.92 Å². The number of thioether (sulfide) groups is 1. The molecule has 4 aromatic rings. The van der Waals surface area contributed by atoms with Crippen LogP contribution in [0.3, 0.4) is 0 Å². The minimum Gasteiger partial charge on any atom is -0.325 e. The van der Waals surface area contributed by atoms with E-state index in [1.54, 1.807) is 24.3 Å². The number of imide groups is 1. The van der Waals surface area contributed by atoms with Crippen LogP contribution in [0.5, 0.6) is 0 Å². The number of benzene rings is 2. The first-order valence-electron chi connectivity index (χ1n) is 12.0. The number of fused-ring (bicyclic) bond motifs is 2. The van der Waals surface area contributed by atoms with E-state index < -0.39 is 33.0 Å². The second-order valence-electron chi connectivity index (χ2n) is 9.29. The largest absolute Gasteiger partial charge is 0.325 e. The van der Waals surface area contributed by atoms with Gasteiger partial charge in [0, 0.05) is 25.8 Å². The van der Waals surface area contributed by atoms with Crippen LogP contribution in [0.25, 0.3) is 0 Å². The highest BCUT2D eigenvalue weighted by molar-refractivity contribution is 9.10. The molecule has 1 saturated heterocycles. The third-order valence-corrected chi connectivity index (χ3v) is 11.8. The summed E-state index contributed by atoms with van der Waals surface area (Å²) in [6.07, 6.45) is 0. The first-order chi connectivity index (χ1) is 19.5. The Morgan fingerprint density at radius 3 is 2.34 bits per heavy atom. The van der Waals surface area contributed by atoms with Crippen LogP contribution in [0.4, 0.5) is 11.4 Å². The molecule has 10 nitrogen and oxygen atoms in total. The van der Waals surface area contributed by atoms with Gasteiger partial charge in [0.05, 0.1) is 21.5 Å². The highest BCUT2D eigenvalue weighted by Crippen LogP contribution is 2.54. The van der Waals surface area contributed by atoms with Crippen molar-refractivity contribution in [1.29, 1.82) is 0 Å². The summed E-state index contributed by atoms with van der Waals surface area (Å²) in [4.78, 5) is 55.9. The van der Waals surface area contributed by atoms with E-state index in [9.17, 15) is 27.6 Å². The molecule has 0 saturated carbocycles. The number of aromatic nitrogens is 1. The normalized spacial score (nSPS) is 20.1. The number of rotatable bonds is 6. The Balaban J connectivity index is 1.33. The van der Waals surface area contributed by atoms with Gasteiger partial charge in [-0.2, -0.15) is 0 Å². The number of carbonyl (C=O) groups is 3. The Labute approximate surface area is 254 Å². The minimum atomic E-state index is -3.88. The molecule has 1 fully saturated rings. The molecule has 0 radical (unpaired) electrons. The molecular weight excluding hydrogens is 672 g/mol. The van der Waals surface area contributed by atoms with E-state index in [1.165, 1.54) is 45.1 Å². The summed E-state index contributed by atoms with van der Waals surface area (Å²) < 4.78 is 25.1. The monoisotopic (exact) mass is 690 g/mol. The zero-order valence-electron chi connectivity index (χ0n) is 20.7. The van der Waals surface area contributed by atoms with Crippen LogP contribution in [0.1, 0.15) is 15.7 Å². The van der Waals surface area contributed by atoms with Crippen molar-refractivity contribution < 1.29 is 22.8 Å². The van der Waals surface area contributed by atoms with Gasteiger partial charge in [-0.3, -0.25) is 23.7 Å². The minimum absolute atomic E-state index is 0.0999. The number of nitrogens with two attached hydrogens (primary N) is 1. The maximum Gasteiger partial charge on any atom is 0.308 e. The summed E-state index contributed by atoms with van der Waals surface area (Å²) in [5.74, 6) is -2.44. The van der Waals surface area contributed by atoms with Crippen molar-refractivity contribution >= 4 is 89.5 Å². The van der Waals surface area contributed by atoms with Crippen LogP contribution >= 0.6 is 50.4 Å². The fraction of sp³-hybridized carbons (Fsp3) is 0.154. The number of nitrogens with zero attached hydrogens (tertiary/aromatic N) is 2. The fourth-order valence-electron chi connectivity index (χ4n) is 4.95. The molecule has 2 aromatic heterocycles. The van der Waals surface area contributed by atoms with Crippen molar-refractivity contribution in [3.8, 4) is 0 Å². The summed E-state index contributed by atoms with van der Waals surface area (Å²) in [5, 5.41) is 9.37. The van der Waals surface area contributed by atoms with Gasteiger partial charge in [0.25, 0.3) is 0 Å². The molecule has 0 unspecified atom stereocenters. The zero-order chi connectivity index (χ0) is 29.1. The number of carbonyl (C=O) groups excluding carboxylic acids is 3. The summed E-state index contributed by atoms with van der Waals surface area (Å²) in [6, 6.07) is 16.0. The topological polar surface area (TPSA) is 149 Å². The highest BCUT2D eigenvalue weighted by Gasteiger charge is 2.57. The molecule has 3 N–H and O–H groups in total. The summed E-state index contributed by atoms with van der Waals surface area (Å²) in [6.45, 7) is -0.332. The van der Waals surface area contributed by atoms with Gasteiger partial charge in [-0.15, -0.1) is 11.3 Å². The molecule has 0 bridgehead atoms. The molecule has 3 atom stereocenters. The van der Waals surface area contributed by atoms with Crippen LogP contribution in [0.15, 0.2) is 85.2 Å². The molecule has 15 heteroatoms. The van der Waals surface area contributed by atoms with Gasteiger partial charge < -0.3 is 5.32 Å². The van der Waals surface area contributed by atoms with Crippen molar-refractivity contribution in [3.63, 3.8) is 0 Å². The highest BCUT2D eigenvalue weighted by atomic mass is 79.9. The fourth-order valence-corrected chi connectivity index (χ4v) is 9.45. The number of hydrogen-bond donors (Lipinski definition) is 2. The summed E-state index contributed by atoms with van der Waals surface area (Å²) in [5.41, 5.74) is 0.794. The van der Waals surface area contributed by atoms with E-state index in [-0.39, 0.29) is 28.1 Å².